The third kappa shape index (κ3) is 5.11. The van der Waals surface area contributed by atoms with Crippen molar-refractivity contribution in [3.8, 4) is 11.5 Å². The van der Waals surface area contributed by atoms with Crippen LogP contribution in [0.5, 0.6) is 11.5 Å². The monoisotopic (exact) mass is 279 g/mol. The first-order chi connectivity index (χ1) is 9.72. The number of para-hydroxylation sites is 2. The number of nitrogens with zero attached hydrogens (tertiary/aromatic N) is 1. The van der Waals surface area contributed by atoms with E-state index in [4.69, 9.17) is 9.47 Å². The van der Waals surface area contributed by atoms with Gasteiger partial charge in [0.25, 0.3) is 5.91 Å². The molecule has 0 aliphatic carbocycles. The molecule has 0 unspecified atom stereocenters. The Hall–Kier alpha value is -1.71. The van der Waals surface area contributed by atoms with Crippen LogP contribution >= 0.6 is 0 Å². The molecule has 0 heterocycles. The zero-order valence-electron chi connectivity index (χ0n) is 12.7. The fourth-order valence-electron chi connectivity index (χ4n) is 1.88. The quantitative estimate of drug-likeness (QED) is 0.697. The Kier molecular flexibility index (Phi) is 7.55. The third-order valence-electron chi connectivity index (χ3n) is 3.02. The van der Waals surface area contributed by atoms with Crippen molar-refractivity contribution in [3.63, 3.8) is 0 Å². The van der Waals surface area contributed by atoms with E-state index in [1.54, 1.807) is 0 Å². The molecule has 4 heteroatoms. The van der Waals surface area contributed by atoms with Crippen molar-refractivity contribution in [1.29, 1.82) is 0 Å². The average molecular weight is 279 g/mol. The number of rotatable bonds is 9. The van der Waals surface area contributed by atoms with E-state index in [1.807, 2.05) is 43.0 Å². The summed E-state index contributed by atoms with van der Waals surface area (Å²) in [6.07, 6.45) is 2.10. The molecular weight excluding hydrogens is 254 g/mol. The van der Waals surface area contributed by atoms with Crippen LogP contribution in [0.15, 0.2) is 24.3 Å². The van der Waals surface area contributed by atoms with Gasteiger partial charge in [0.15, 0.2) is 18.1 Å². The van der Waals surface area contributed by atoms with Crippen molar-refractivity contribution in [1.82, 2.24) is 4.90 Å². The van der Waals surface area contributed by atoms with E-state index in [0.29, 0.717) is 18.1 Å². The highest BCUT2D eigenvalue weighted by atomic mass is 16.5. The van der Waals surface area contributed by atoms with E-state index < -0.39 is 0 Å². The first-order valence-electron chi connectivity index (χ1n) is 7.35. The molecule has 4 nitrogen and oxygen atoms in total. The van der Waals surface area contributed by atoms with Gasteiger partial charge in [-0.3, -0.25) is 4.79 Å². The normalized spacial score (nSPS) is 10.2. The highest BCUT2D eigenvalue weighted by molar-refractivity contribution is 5.77. The molecule has 1 rings (SSSR count). The summed E-state index contributed by atoms with van der Waals surface area (Å²) in [5.74, 6) is 1.32. The number of hydrogen-bond acceptors (Lipinski definition) is 3. The van der Waals surface area contributed by atoms with Crippen LogP contribution < -0.4 is 9.47 Å². The molecular formula is C16H25NO3. The summed E-state index contributed by atoms with van der Waals surface area (Å²) in [7, 11) is 0. The largest absolute Gasteiger partial charge is 0.490 e. The predicted octanol–water partition coefficient (Wildman–Crippen LogP) is 3.11. The van der Waals surface area contributed by atoms with Gasteiger partial charge in [-0.05, 0) is 32.4 Å². The number of amides is 1. The maximum Gasteiger partial charge on any atom is 0.260 e. The van der Waals surface area contributed by atoms with Gasteiger partial charge < -0.3 is 14.4 Å². The second-order valence-corrected chi connectivity index (χ2v) is 4.50. The van der Waals surface area contributed by atoms with Crippen molar-refractivity contribution in [3.05, 3.63) is 24.3 Å². The van der Waals surface area contributed by atoms with E-state index in [1.165, 1.54) is 0 Å². The molecule has 0 radical (unpaired) electrons. The molecule has 0 bridgehead atoms. The second kappa shape index (κ2) is 9.23. The molecule has 0 aromatic heterocycles. The smallest absolute Gasteiger partial charge is 0.260 e. The van der Waals surface area contributed by atoms with Crippen LogP contribution in [0.2, 0.25) is 0 Å². The number of hydrogen-bond donors (Lipinski definition) is 0. The number of likely N-dealkylation sites (N-methyl/N-ethyl adjacent to an activating group) is 1. The Labute approximate surface area is 121 Å². The third-order valence-corrected chi connectivity index (χ3v) is 3.02. The van der Waals surface area contributed by atoms with Gasteiger partial charge in [0.05, 0.1) is 6.61 Å². The lowest BCUT2D eigenvalue weighted by Gasteiger charge is -2.21. The lowest BCUT2D eigenvalue weighted by molar-refractivity contribution is -0.133. The highest BCUT2D eigenvalue weighted by Gasteiger charge is 2.13. The fourth-order valence-corrected chi connectivity index (χ4v) is 1.88. The summed E-state index contributed by atoms with van der Waals surface area (Å²) in [6, 6.07) is 7.43. The Morgan fingerprint density at radius 1 is 1.10 bits per heavy atom. The van der Waals surface area contributed by atoms with Crippen molar-refractivity contribution >= 4 is 5.91 Å². The zero-order valence-corrected chi connectivity index (χ0v) is 12.7. The molecule has 0 saturated carbocycles. The fraction of sp³-hybridized carbons (Fsp3) is 0.562. The maximum atomic E-state index is 12.1. The molecule has 1 amide bonds. The SMILES string of the molecule is CCCCN(CC)C(=O)COc1ccccc1OCC. The number of carbonyl (C=O) groups is 1. The van der Waals surface area contributed by atoms with E-state index >= 15 is 0 Å². The molecule has 0 N–H and O–H groups in total. The van der Waals surface area contributed by atoms with E-state index in [0.717, 1.165) is 25.9 Å². The highest BCUT2D eigenvalue weighted by Crippen LogP contribution is 2.26. The molecule has 0 saturated heterocycles. The van der Waals surface area contributed by atoms with Crippen LogP contribution in [0.1, 0.15) is 33.6 Å². The van der Waals surface area contributed by atoms with Crippen LogP contribution in [0, 0.1) is 0 Å². The minimum atomic E-state index is 0.0206. The van der Waals surface area contributed by atoms with Gasteiger partial charge in [0, 0.05) is 13.1 Å². The van der Waals surface area contributed by atoms with Crippen LogP contribution in [0.3, 0.4) is 0 Å². The average Bonchev–Trinajstić information content (AvgIpc) is 2.47. The van der Waals surface area contributed by atoms with Gasteiger partial charge in [0.1, 0.15) is 0 Å². The van der Waals surface area contributed by atoms with Gasteiger partial charge in [-0.1, -0.05) is 25.5 Å². The van der Waals surface area contributed by atoms with Gasteiger partial charge in [-0.25, -0.2) is 0 Å². The number of ether oxygens (including phenoxy) is 2. The Bertz CT molecular complexity index is 406. The summed E-state index contributed by atoms with van der Waals surface area (Å²) in [5, 5.41) is 0. The van der Waals surface area contributed by atoms with Crippen LogP contribution in [0.25, 0.3) is 0 Å². The number of carbonyl (C=O) groups excluding carboxylic acids is 1. The van der Waals surface area contributed by atoms with Gasteiger partial charge in [0.2, 0.25) is 0 Å². The van der Waals surface area contributed by atoms with Crippen LogP contribution in [-0.4, -0.2) is 37.1 Å². The van der Waals surface area contributed by atoms with Gasteiger partial charge >= 0.3 is 0 Å². The minimum absolute atomic E-state index is 0.0206. The molecule has 0 atom stereocenters. The van der Waals surface area contributed by atoms with Crippen molar-refractivity contribution in [2.24, 2.45) is 0 Å². The standard InChI is InChI=1S/C16H25NO3/c1-4-7-12-17(5-2)16(18)13-20-15-11-9-8-10-14(15)19-6-3/h8-11H,4-7,12-13H2,1-3H3. The summed E-state index contributed by atoms with van der Waals surface area (Å²) in [5.41, 5.74) is 0. The minimum Gasteiger partial charge on any atom is -0.490 e. The molecule has 112 valence electrons. The predicted molar refractivity (Wildman–Crippen MR) is 80.3 cm³/mol. The summed E-state index contributed by atoms with van der Waals surface area (Å²) in [4.78, 5) is 13.9. The first-order valence-corrected chi connectivity index (χ1v) is 7.35. The number of unbranched alkanes of at least 4 members (excludes halogenated alkanes) is 1. The summed E-state index contributed by atoms with van der Waals surface area (Å²) >= 11 is 0. The molecule has 1 aromatic carbocycles. The molecule has 1 aromatic rings. The Morgan fingerprint density at radius 3 is 2.30 bits per heavy atom. The van der Waals surface area contributed by atoms with Crippen LogP contribution in [0.4, 0.5) is 0 Å². The van der Waals surface area contributed by atoms with Crippen molar-refractivity contribution in [2.45, 2.75) is 33.6 Å². The summed E-state index contributed by atoms with van der Waals surface area (Å²) in [6.45, 7) is 8.17. The Morgan fingerprint density at radius 2 is 1.75 bits per heavy atom. The summed E-state index contributed by atoms with van der Waals surface area (Å²) < 4.78 is 11.1. The van der Waals surface area contributed by atoms with Crippen LogP contribution in [-0.2, 0) is 4.79 Å². The Balaban J connectivity index is 2.55. The number of benzene rings is 1. The van der Waals surface area contributed by atoms with E-state index in [9.17, 15) is 4.79 Å². The van der Waals surface area contributed by atoms with Gasteiger partial charge in [-0.15, -0.1) is 0 Å². The van der Waals surface area contributed by atoms with Crippen molar-refractivity contribution < 1.29 is 14.3 Å². The maximum absolute atomic E-state index is 12.1. The topological polar surface area (TPSA) is 38.8 Å². The first kappa shape index (κ1) is 16.3. The van der Waals surface area contributed by atoms with Gasteiger partial charge in [-0.2, -0.15) is 0 Å². The molecule has 20 heavy (non-hydrogen) atoms. The zero-order chi connectivity index (χ0) is 14.8. The second-order valence-electron chi connectivity index (χ2n) is 4.50. The lowest BCUT2D eigenvalue weighted by atomic mass is 10.3. The molecule has 0 fully saturated rings. The molecule has 0 aliphatic rings. The van der Waals surface area contributed by atoms with E-state index in [2.05, 4.69) is 6.92 Å². The molecule has 0 spiro atoms. The van der Waals surface area contributed by atoms with E-state index in [-0.39, 0.29) is 12.5 Å². The lowest BCUT2D eigenvalue weighted by Crippen LogP contribution is -2.35. The molecule has 0 aliphatic heterocycles. The van der Waals surface area contributed by atoms with Crippen molar-refractivity contribution in [2.75, 3.05) is 26.3 Å².